The van der Waals surface area contributed by atoms with Crippen molar-refractivity contribution >= 4 is 27.8 Å². The fourth-order valence-electron chi connectivity index (χ4n) is 10.8. The van der Waals surface area contributed by atoms with Crippen molar-refractivity contribution in [2.45, 2.75) is 51.4 Å². The van der Waals surface area contributed by atoms with Crippen molar-refractivity contribution in [2.24, 2.45) is 0 Å². The van der Waals surface area contributed by atoms with Crippen molar-refractivity contribution in [3.63, 3.8) is 0 Å². The maximum atomic E-state index is 7.08. The normalized spacial score (nSPS) is 15.5. The van der Waals surface area contributed by atoms with Crippen LogP contribution in [0.4, 0.5) is 17.1 Å². The molecule has 0 aromatic heterocycles. The van der Waals surface area contributed by atoms with Gasteiger partial charge in [0, 0.05) is 39.0 Å². The summed E-state index contributed by atoms with van der Waals surface area (Å²) in [4.78, 5) is 2.48. The fraction of sp³-hybridized carbons (Fsp3) is 0.133. The highest BCUT2D eigenvalue weighted by Crippen LogP contribution is 2.59. The largest absolute Gasteiger partial charge is 0.456 e. The molecule has 300 valence electrons. The highest BCUT2D eigenvalue weighted by Gasteiger charge is 2.48. The molecule has 1 aliphatic carbocycles. The number of ether oxygens (including phenoxy) is 1. The number of benzene rings is 9. The lowest BCUT2D eigenvalue weighted by Crippen LogP contribution is -2.36. The van der Waals surface area contributed by atoms with E-state index < -0.39 is 5.41 Å². The average Bonchev–Trinajstić information content (AvgIpc) is 3.56. The molecule has 1 heterocycles. The van der Waals surface area contributed by atoms with Crippen LogP contribution in [-0.4, -0.2) is 0 Å². The van der Waals surface area contributed by atoms with Crippen molar-refractivity contribution in [3.05, 3.63) is 245 Å². The molecule has 0 spiro atoms. The number of rotatable bonds is 8. The van der Waals surface area contributed by atoms with Crippen LogP contribution >= 0.6 is 0 Å². The summed E-state index contributed by atoms with van der Waals surface area (Å²) in [5, 5.41) is 2.29. The fourth-order valence-corrected chi connectivity index (χ4v) is 10.8. The molecule has 0 radical (unpaired) electrons. The molecule has 0 N–H and O–H groups in total. The third-order valence-electron chi connectivity index (χ3n) is 13.8. The minimum Gasteiger partial charge on any atom is -0.456 e. The van der Waals surface area contributed by atoms with Crippen LogP contribution in [0.25, 0.3) is 33.0 Å². The summed E-state index contributed by atoms with van der Waals surface area (Å²) in [5.41, 5.74) is 17.8. The van der Waals surface area contributed by atoms with Gasteiger partial charge in [0.25, 0.3) is 0 Å². The van der Waals surface area contributed by atoms with Crippen molar-refractivity contribution in [2.75, 3.05) is 4.90 Å². The topological polar surface area (TPSA) is 12.5 Å². The minimum absolute atomic E-state index is 0.145. The molecule has 62 heavy (non-hydrogen) atoms. The number of hydrogen-bond acceptors (Lipinski definition) is 2. The molecule has 2 heteroatoms. The Labute approximate surface area is 365 Å². The van der Waals surface area contributed by atoms with Crippen molar-refractivity contribution in [1.29, 1.82) is 0 Å². The Morgan fingerprint density at radius 1 is 0.419 bits per heavy atom. The Hall–Kier alpha value is -7.16. The zero-order valence-electron chi connectivity index (χ0n) is 35.8. The van der Waals surface area contributed by atoms with Gasteiger partial charge in [-0.3, -0.25) is 0 Å². The average molecular weight is 800 g/mol. The van der Waals surface area contributed by atoms with Gasteiger partial charge in [0.1, 0.15) is 11.5 Å². The maximum Gasteiger partial charge on any atom is 0.140 e. The third kappa shape index (κ3) is 5.70. The van der Waals surface area contributed by atoms with Gasteiger partial charge >= 0.3 is 0 Å². The van der Waals surface area contributed by atoms with Crippen LogP contribution in [0.2, 0.25) is 0 Å². The van der Waals surface area contributed by atoms with Gasteiger partial charge in [-0.25, -0.2) is 0 Å². The standard InChI is InChI=1S/C60H49NO/c1-5-40-18-11-14-24-51(40)60(53-26-16-17-27-57(53)62-58-48-22-12-10-21-44(48)31-37-54(58)60)55-38-46(34-28-41(55)6-2)61(45-32-29-43(30-33-45)42-19-8-7-9-20-42)47-35-36-50-49-23-13-15-25-52(49)59(3,4)56(50)39-47/h7-39H,5-6H2,1-4H3. The lowest BCUT2D eigenvalue weighted by Gasteiger charge is -2.44. The lowest BCUT2D eigenvalue weighted by atomic mass is 9.61. The summed E-state index contributed by atoms with van der Waals surface area (Å²) < 4.78 is 7.08. The molecule has 0 amide bonds. The molecule has 11 rings (SSSR count). The van der Waals surface area contributed by atoms with Gasteiger partial charge in [-0.05, 0) is 116 Å². The molecular formula is C60H49NO. The van der Waals surface area contributed by atoms with E-state index in [9.17, 15) is 0 Å². The first kappa shape index (κ1) is 37.8. The second-order valence-electron chi connectivity index (χ2n) is 17.4. The first-order valence-corrected chi connectivity index (χ1v) is 22.1. The molecule has 0 saturated heterocycles. The highest BCUT2D eigenvalue weighted by molar-refractivity contribution is 5.93. The maximum absolute atomic E-state index is 7.08. The van der Waals surface area contributed by atoms with E-state index in [1.807, 2.05) is 0 Å². The summed E-state index contributed by atoms with van der Waals surface area (Å²) in [6, 6.07) is 74.1. The van der Waals surface area contributed by atoms with Crippen LogP contribution in [0.5, 0.6) is 11.5 Å². The van der Waals surface area contributed by atoms with E-state index in [-0.39, 0.29) is 5.41 Å². The smallest absolute Gasteiger partial charge is 0.140 e. The predicted molar refractivity (Wildman–Crippen MR) is 259 cm³/mol. The summed E-state index contributed by atoms with van der Waals surface area (Å²) in [5.74, 6) is 1.82. The number of aryl methyl sites for hydroxylation is 2. The lowest BCUT2D eigenvalue weighted by molar-refractivity contribution is 0.438. The van der Waals surface area contributed by atoms with Crippen molar-refractivity contribution in [3.8, 4) is 33.8 Å². The zero-order valence-corrected chi connectivity index (χ0v) is 35.8. The Morgan fingerprint density at radius 2 is 1.00 bits per heavy atom. The SMILES string of the molecule is CCc1ccccc1C1(c2cc(N(c3ccc(-c4ccccc4)cc3)c3ccc4c(c3)C(C)(C)c3ccccc3-4)ccc2CC)c2ccccc2Oc2c1ccc1ccccc21. The Balaban J connectivity index is 1.21. The van der Waals surface area contributed by atoms with E-state index >= 15 is 0 Å². The van der Waals surface area contributed by atoms with E-state index in [1.165, 1.54) is 66.6 Å². The molecule has 9 aromatic carbocycles. The second-order valence-corrected chi connectivity index (χ2v) is 17.4. The van der Waals surface area contributed by atoms with Gasteiger partial charge in [-0.1, -0.05) is 185 Å². The number of nitrogens with zero attached hydrogens (tertiary/aromatic N) is 1. The molecule has 2 nitrogen and oxygen atoms in total. The summed E-state index contributed by atoms with van der Waals surface area (Å²) in [6.45, 7) is 9.32. The molecule has 2 aliphatic rings. The van der Waals surface area contributed by atoms with E-state index in [4.69, 9.17) is 4.74 Å². The van der Waals surface area contributed by atoms with E-state index in [0.29, 0.717) is 0 Å². The Kier molecular flexibility index (Phi) is 9.02. The molecule has 0 fully saturated rings. The predicted octanol–water partition coefficient (Wildman–Crippen LogP) is 15.9. The van der Waals surface area contributed by atoms with E-state index in [0.717, 1.165) is 52.4 Å². The van der Waals surface area contributed by atoms with E-state index in [2.05, 4.69) is 233 Å². The van der Waals surface area contributed by atoms with Crippen LogP contribution in [0.1, 0.15) is 72.2 Å². The van der Waals surface area contributed by atoms with Gasteiger partial charge in [0.15, 0.2) is 0 Å². The number of fused-ring (bicyclic) bond motifs is 7. The molecule has 9 aromatic rings. The molecule has 0 bridgehead atoms. The van der Waals surface area contributed by atoms with Gasteiger partial charge in [-0.15, -0.1) is 0 Å². The van der Waals surface area contributed by atoms with E-state index in [1.54, 1.807) is 0 Å². The van der Waals surface area contributed by atoms with Crippen molar-refractivity contribution in [1.82, 2.24) is 0 Å². The molecule has 1 atom stereocenters. The highest BCUT2D eigenvalue weighted by atomic mass is 16.5. The van der Waals surface area contributed by atoms with Crippen LogP contribution in [0.15, 0.2) is 200 Å². The Bertz CT molecular complexity index is 3160. The molecule has 1 aliphatic heterocycles. The minimum atomic E-state index is -0.688. The van der Waals surface area contributed by atoms with Crippen LogP contribution < -0.4 is 9.64 Å². The Morgan fingerprint density at radius 3 is 1.79 bits per heavy atom. The number of para-hydroxylation sites is 1. The zero-order chi connectivity index (χ0) is 42.0. The van der Waals surface area contributed by atoms with Gasteiger partial charge in [0.2, 0.25) is 0 Å². The van der Waals surface area contributed by atoms with Crippen LogP contribution in [-0.2, 0) is 23.7 Å². The third-order valence-corrected chi connectivity index (χ3v) is 13.8. The van der Waals surface area contributed by atoms with Gasteiger partial charge < -0.3 is 9.64 Å². The van der Waals surface area contributed by atoms with Crippen LogP contribution in [0, 0.1) is 0 Å². The quantitative estimate of drug-likeness (QED) is 0.152. The molecular weight excluding hydrogens is 751 g/mol. The first-order valence-electron chi connectivity index (χ1n) is 22.1. The second kappa shape index (κ2) is 14.8. The first-order chi connectivity index (χ1) is 30.4. The van der Waals surface area contributed by atoms with Gasteiger partial charge in [-0.2, -0.15) is 0 Å². The monoisotopic (exact) mass is 799 g/mol. The van der Waals surface area contributed by atoms with Gasteiger partial charge in [0.05, 0.1) is 5.41 Å². The summed E-state index contributed by atoms with van der Waals surface area (Å²) in [6.07, 6.45) is 1.77. The molecule has 1 unspecified atom stereocenters. The molecule has 0 saturated carbocycles. The van der Waals surface area contributed by atoms with Crippen LogP contribution in [0.3, 0.4) is 0 Å². The summed E-state index contributed by atoms with van der Waals surface area (Å²) >= 11 is 0. The number of anilines is 3. The summed E-state index contributed by atoms with van der Waals surface area (Å²) in [7, 11) is 0. The number of hydrogen-bond donors (Lipinski definition) is 0. The van der Waals surface area contributed by atoms with Crippen molar-refractivity contribution < 1.29 is 4.74 Å².